The SMILES string of the molecule is CCC(=O)N(Cc1cc(-c2ccc(C)c(C)c2)on1)C(C)C. The van der Waals surface area contributed by atoms with Crippen molar-refractivity contribution in [1.82, 2.24) is 10.1 Å². The third kappa shape index (κ3) is 3.56. The molecule has 118 valence electrons. The van der Waals surface area contributed by atoms with Crippen LogP contribution in [0.25, 0.3) is 11.3 Å². The maximum absolute atomic E-state index is 12.0. The van der Waals surface area contributed by atoms with Gasteiger partial charge in [-0.05, 0) is 44.9 Å². The zero-order valence-corrected chi connectivity index (χ0v) is 14.0. The van der Waals surface area contributed by atoms with E-state index in [4.69, 9.17) is 4.52 Å². The first-order chi connectivity index (χ1) is 10.4. The summed E-state index contributed by atoms with van der Waals surface area (Å²) in [5, 5.41) is 4.11. The van der Waals surface area contributed by atoms with Crippen molar-refractivity contribution in [2.75, 3.05) is 0 Å². The van der Waals surface area contributed by atoms with Crippen molar-refractivity contribution in [3.05, 3.63) is 41.1 Å². The first kappa shape index (κ1) is 16.3. The quantitative estimate of drug-likeness (QED) is 0.835. The van der Waals surface area contributed by atoms with Gasteiger partial charge in [0.2, 0.25) is 5.91 Å². The molecule has 0 saturated heterocycles. The van der Waals surface area contributed by atoms with E-state index < -0.39 is 0 Å². The van der Waals surface area contributed by atoms with Crippen LogP contribution in [-0.2, 0) is 11.3 Å². The minimum Gasteiger partial charge on any atom is -0.356 e. The number of carbonyl (C=O) groups is 1. The van der Waals surface area contributed by atoms with Crippen molar-refractivity contribution in [3.63, 3.8) is 0 Å². The smallest absolute Gasteiger partial charge is 0.222 e. The normalized spacial score (nSPS) is 11.0. The number of amides is 1. The van der Waals surface area contributed by atoms with E-state index in [0.29, 0.717) is 13.0 Å². The predicted molar refractivity (Wildman–Crippen MR) is 87.4 cm³/mol. The molecule has 0 unspecified atom stereocenters. The molecule has 0 radical (unpaired) electrons. The summed E-state index contributed by atoms with van der Waals surface area (Å²) in [5.41, 5.74) is 4.27. The van der Waals surface area contributed by atoms with E-state index in [9.17, 15) is 4.79 Å². The third-order valence-electron chi connectivity index (χ3n) is 3.93. The highest BCUT2D eigenvalue weighted by molar-refractivity contribution is 5.76. The molecule has 1 heterocycles. The Labute approximate surface area is 132 Å². The molecular formula is C18H24N2O2. The number of carbonyl (C=O) groups excluding carboxylic acids is 1. The van der Waals surface area contributed by atoms with Gasteiger partial charge in [0.1, 0.15) is 5.69 Å². The maximum atomic E-state index is 12.0. The summed E-state index contributed by atoms with van der Waals surface area (Å²) in [5.74, 6) is 0.872. The van der Waals surface area contributed by atoms with Crippen LogP contribution in [0, 0.1) is 13.8 Å². The highest BCUT2D eigenvalue weighted by Crippen LogP contribution is 2.23. The predicted octanol–water partition coefficient (Wildman–Crippen LogP) is 4.11. The first-order valence-corrected chi connectivity index (χ1v) is 7.75. The van der Waals surface area contributed by atoms with Crippen LogP contribution < -0.4 is 0 Å². The van der Waals surface area contributed by atoms with Gasteiger partial charge in [-0.2, -0.15) is 0 Å². The number of aryl methyl sites for hydroxylation is 2. The Hall–Kier alpha value is -2.10. The fourth-order valence-electron chi connectivity index (χ4n) is 2.35. The average molecular weight is 300 g/mol. The molecular weight excluding hydrogens is 276 g/mol. The minimum absolute atomic E-state index is 0.130. The third-order valence-corrected chi connectivity index (χ3v) is 3.93. The van der Waals surface area contributed by atoms with Crippen LogP contribution in [0.2, 0.25) is 0 Å². The number of benzene rings is 1. The van der Waals surface area contributed by atoms with E-state index in [1.54, 1.807) is 0 Å². The summed E-state index contributed by atoms with van der Waals surface area (Å²) in [6, 6.07) is 8.27. The lowest BCUT2D eigenvalue weighted by molar-refractivity contribution is -0.133. The molecule has 0 fully saturated rings. The molecule has 0 bridgehead atoms. The van der Waals surface area contributed by atoms with Crippen LogP contribution in [0.5, 0.6) is 0 Å². The Bertz CT molecular complexity index is 659. The average Bonchev–Trinajstić information content (AvgIpc) is 2.95. The topological polar surface area (TPSA) is 46.3 Å². The highest BCUT2D eigenvalue weighted by Gasteiger charge is 2.18. The van der Waals surface area contributed by atoms with Crippen LogP contribution in [0.15, 0.2) is 28.8 Å². The number of aromatic nitrogens is 1. The summed E-state index contributed by atoms with van der Waals surface area (Å²) >= 11 is 0. The largest absolute Gasteiger partial charge is 0.356 e. The second kappa shape index (κ2) is 6.77. The van der Waals surface area contributed by atoms with Crippen molar-refractivity contribution in [3.8, 4) is 11.3 Å². The molecule has 22 heavy (non-hydrogen) atoms. The zero-order chi connectivity index (χ0) is 16.3. The molecule has 1 aromatic heterocycles. The van der Waals surface area contributed by atoms with Gasteiger partial charge in [0, 0.05) is 24.1 Å². The van der Waals surface area contributed by atoms with Crippen LogP contribution in [0.3, 0.4) is 0 Å². The number of hydrogen-bond acceptors (Lipinski definition) is 3. The van der Waals surface area contributed by atoms with Crippen LogP contribution >= 0.6 is 0 Å². The van der Waals surface area contributed by atoms with Gasteiger partial charge in [-0.15, -0.1) is 0 Å². The standard InChI is InChI=1S/C18H24N2O2/c1-6-18(21)20(12(2)3)11-16-10-17(22-19-16)15-8-7-13(4)14(5)9-15/h7-10,12H,6,11H2,1-5H3. The van der Waals surface area contributed by atoms with Crippen molar-refractivity contribution in [1.29, 1.82) is 0 Å². The highest BCUT2D eigenvalue weighted by atomic mass is 16.5. The van der Waals surface area contributed by atoms with Crippen LogP contribution in [0.4, 0.5) is 0 Å². The minimum atomic E-state index is 0.130. The molecule has 4 heteroatoms. The lowest BCUT2D eigenvalue weighted by atomic mass is 10.0. The molecule has 1 aromatic carbocycles. The monoisotopic (exact) mass is 300 g/mol. The summed E-state index contributed by atoms with van der Waals surface area (Å²) < 4.78 is 5.45. The molecule has 0 atom stereocenters. The zero-order valence-electron chi connectivity index (χ0n) is 14.0. The summed E-state index contributed by atoms with van der Waals surface area (Å²) in [7, 11) is 0. The molecule has 2 aromatic rings. The fourth-order valence-corrected chi connectivity index (χ4v) is 2.35. The Morgan fingerprint density at radius 2 is 1.95 bits per heavy atom. The second-order valence-electron chi connectivity index (χ2n) is 5.95. The molecule has 1 amide bonds. The second-order valence-corrected chi connectivity index (χ2v) is 5.95. The Balaban J connectivity index is 2.20. The van der Waals surface area contributed by atoms with Crippen molar-refractivity contribution in [2.24, 2.45) is 0 Å². The van der Waals surface area contributed by atoms with Gasteiger partial charge in [0.25, 0.3) is 0 Å². The van der Waals surface area contributed by atoms with Gasteiger partial charge in [0.05, 0.1) is 6.54 Å². The molecule has 0 aliphatic heterocycles. The lowest BCUT2D eigenvalue weighted by Crippen LogP contribution is -2.35. The molecule has 0 spiro atoms. The van der Waals surface area contributed by atoms with E-state index >= 15 is 0 Å². The van der Waals surface area contributed by atoms with E-state index in [1.165, 1.54) is 11.1 Å². The van der Waals surface area contributed by atoms with Gasteiger partial charge < -0.3 is 9.42 Å². The van der Waals surface area contributed by atoms with Gasteiger partial charge in [-0.25, -0.2) is 0 Å². The molecule has 2 rings (SSSR count). The lowest BCUT2D eigenvalue weighted by Gasteiger charge is -2.25. The van der Waals surface area contributed by atoms with E-state index in [0.717, 1.165) is 17.0 Å². The molecule has 0 saturated carbocycles. The molecule has 0 aliphatic rings. The number of hydrogen-bond donors (Lipinski definition) is 0. The van der Waals surface area contributed by atoms with E-state index in [-0.39, 0.29) is 11.9 Å². The van der Waals surface area contributed by atoms with Crippen LogP contribution in [-0.4, -0.2) is 22.0 Å². The fraction of sp³-hybridized carbons (Fsp3) is 0.444. The van der Waals surface area contributed by atoms with Gasteiger partial charge in [0.15, 0.2) is 5.76 Å². The summed E-state index contributed by atoms with van der Waals surface area (Å²) in [6.45, 7) is 10.5. The molecule has 0 N–H and O–H groups in total. The van der Waals surface area contributed by atoms with Crippen LogP contribution in [0.1, 0.15) is 44.0 Å². The van der Waals surface area contributed by atoms with Gasteiger partial charge in [-0.1, -0.05) is 24.2 Å². The summed E-state index contributed by atoms with van der Waals surface area (Å²) in [4.78, 5) is 13.8. The van der Waals surface area contributed by atoms with E-state index in [2.05, 4.69) is 31.1 Å². The Morgan fingerprint density at radius 1 is 1.23 bits per heavy atom. The summed E-state index contributed by atoms with van der Waals surface area (Å²) in [6.07, 6.45) is 0.500. The van der Waals surface area contributed by atoms with Gasteiger partial charge in [-0.3, -0.25) is 4.79 Å². The molecule has 0 aliphatic carbocycles. The maximum Gasteiger partial charge on any atom is 0.222 e. The van der Waals surface area contributed by atoms with Crippen molar-refractivity contribution < 1.29 is 9.32 Å². The van der Waals surface area contributed by atoms with Crippen molar-refractivity contribution in [2.45, 2.75) is 53.6 Å². The first-order valence-electron chi connectivity index (χ1n) is 7.75. The van der Waals surface area contributed by atoms with E-state index in [1.807, 2.05) is 37.8 Å². The van der Waals surface area contributed by atoms with Crippen molar-refractivity contribution >= 4 is 5.91 Å². The number of rotatable bonds is 5. The van der Waals surface area contributed by atoms with Gasteiger partial charge >= 0.3 is 0 Å². The molecule has 4 nitrogen and oxygen atoms in total. The Morgan fingerprint density at radius 3 is 2.55 bits per heavy atom. The number of nitrogens with zero attached hydrogens (tertiary/aromatic N) is 2. The Kier molecular flexibility index (Phi) is 5.01.